The molecule has 0 saturated heterocycles. The number of methoxy groups -OCH3 is 1. The quantitative estimate of drug-likeness (QED) is 0.0807. The Morgan fingerprint density at radius 1 is 0.439 bits per heavy atom. The normalized spacial score (nSPS) is 12.2. The standard InChI is InChI=1S/C53H56O2P2/c1-4-6-25-43(5-2)40-55-53-39-44(41-56(46-26-13-7-14-27-46,47-28-15-8-16-29-47)48-30-17-9-18-31-48)52(54-3)38-45(53)42-57(49-32-19-10-20-33-49,50-34-21-11-22-35-50)51-36-23-12-24-37-51/h7-24,26-39,43H,4-6,25,40-42H2,1-3H3/q+2. The predicted octanol–water partition coefficient (Wildman–Crippen LogP) is 11.3. The van der Waals surface area contributed by atoms with Crippen LogP contribution in [0.1, 0.15) is 50.7 Å². The van der Waals surface area contributed by atoms with Crippen molar-refractivity contribution in [3.05, 3.63) is 205 Å². The summed E-state index contributed by atoms with van der Waals surface area (Å²) in [6, 6.07) is 71.6. The highest BCUT2D eigenvalue weighted by molar-refractivity contribution is 7.95. The van der Waals surface area contributed by atoms with E-state index in [9.17, 15) is 0 Å². The van der Waals surface area contributed by atoms with Crippen LogP contribution in [-0.4, -0.2) is 13.7 Å². The van der Waals surface area contributed by atoms with E-state index in [0.717, 1.165) is 30.2 Å². The van der Waals surface area contributed by atoms with Crippen LogP contribution in [-0.2, 0) is 12.3 Å². The molecule has 7 aromatic rings. The van der Waals surface area contributed by atoms with E-state index in [-0.39, 0.29) is 0 Å². The molecule has 4 heteroatoms. The molecule has 0 bridgehead atoms. The number of hydrogen-bond donors (Lipinski definition) is 0. The fourth-order valence-corrected chi connectivity index (χ4v) is 16.9. The molecular formula is C53H56O2P2+2. The molecule has 0 aliphatic carbocycles. The van der Waals surface area contributed by atoms with E-state index < -0.39 is 14.5 Å². The van der Waals surface area contributed by atoms with E-state index in [1.165, 1.54) is 62.2 Å². The summed E-state index contributed by atoms with van der Waals surface area (Å²) in [7, 11) is -2.62. The Kier molecular flexibility index (Phi) is 13.7. The zero-order valence-electron chi connectivity index (χ0n) is 33.7. The zero-order chi connectivity index (χ0) is 39.3. The summed E-state index contributed by atoms with van der Waals surface area (Å²) >= 11 is 0. The SMILES string of the molecule is CCCCC(CC)COc1cc(C[P+](c2ccccc2)(c2ccccc2)c2ccccc2)c(OC)cc1C[P+](c1ccccc1)(c1ccccc1)c1ccccc1. The van der Waals surface area contributed by atoms with Crippen LogP contribution in [0.2, 0.25) is 0 Å². The van der Waals surface area contributed by atoms with Crippen molar-refractivity contribution in [2.75, 3.05) is 13.7 Å². The lowest BCUT2D eigenvalue weighted by atomic mass is 10.0. The average Bonchev–Trinajstić information content (AvgIpc) is 3.29. The first-order valence-corrected chi connectivity index (χ1v) is 24.5. The second-order valence-electron chi connectivity index (χ2n) is 14.9. The Labute approximate surface area is 342 Å². The van der Waals surface area contributed by atoms with Gasteiger partial charge in [0.1, 0.15) is 70.2 Å². The minimum Gasteiger partial charge on any atom is -0.496 e. The van der Waals surface area contributed by atoms with Crippen LogP contribution in [0, 0.1) is 5.92 Å². The Balaban J connectivity index is 1.46. The van der Waals surface area contributed by atoms with E-state index in [4.69, 9.17) is 9.47 Å². The van der Waals surface area contributed by atoms with Gasteiger partial charge in [-0.05, 0) is 97.3 Å². The second kappa shape index (κ2) is 19.4. The third kappa shape index (κ3) is 8.79. The molecule has 288 valence electrons. The molecule has 0 aliphatic heterocycles. The first kappa shape index (κ1) is 40.2. The third-order valence-electron chi connectivity index (χ3n) is 11.5. The summed E-state index contributed by atoms with van der Waals surface area (Å²) in [5.74, 6) is 2.37. The lowest BCUT2D eigenvalue weighted by Gasteiger charge is -2.30. The number of rotatable bonds is 18. The van der Waals surface area contributed by atoms with Crippen LogP contribution in [0.4, 0.5) is 0 Å². The van der Waals surface area contributed by atoms with Gasteiger partial charge in [-0.1, -0.05) is 142 Å². The molecule has 7 aromatic carbocycles. The summed E-state index contributed by atoms with van der Waals surface area (Å²) in [4.78, 5) is 0. The number of hydrogen-bond acceptors (Lipinski definition) is 2. The molecule has 1 unspecified atom stereocenters. The van der Waals surface area contributed by atoms with Crippen molar-refractivity contribution >= 4 is 46.4 Å². The molecule has 2 nitrogen and oxygen atoms in total. The van der Waals surface area contributed by atoms with Gasteiger partial charge in [0.05, 0.1) is 13.7 Å². The van der Waals surface area contributed by atoms with E-state index in [0.29, 0.717) is 12.5 Å². The summed E-state index contributed by atoms with van der Waals surface area (Å²) in [6.45, 7) is 5.28. The average molecular weight is 787 g/mol. The van der Waals surface area contributed by atoms with Gasteiger partial charge in [0, 0.05) is 11.1 Å². The van der Waals surface area contributed by atoms with Crippen LogP contribution < -0.4 is 41.3 Å². The van der Waals surface area contributed by atoms with Crippen molar-refractivity contribution < 1.29 is 9.47 Å². The highest BCUT2D eigenvalue weighted by atomic mass is 31.2. The molecule has 0 aliphatic rings. The number of benzene rings is 7. The van der Waals surface area contributed by atoms with Gasteiger partial charge in [-0.15, -0.1) is 0 Å². The van der Waals surface area contributed by atoms with E-state index in [1.54, 1.807) is 0 Å². The molecule has 0 N–H and O–H groups in total. The number of ether oxygens (including phenoxy) is 2. The molecule has 0 fully saturated rings. The maximum atomic E-state index is 7.19. The molecule has 57 heavy (non-hydrogen) atoms. The van der Waals surface area contributed by atoms with Gasteiger partial charge in [0.15, 0.2) is 0 Å². The van der Waals surface area contributed by atoms with Crippen molar-refractivity contribution in [1.82, 2.24) is 0 Å². The highest BCUT2D eigenvalue weighted by Crippen LogP contribution is 2.62. The van der Waals surface area contributed by atoms with Crippen LogP contribution >= 0.6 is 14.5 Å². The lowest BCUT2D eigenvalue weighted by Crippen LogP contribution is -2.33. The van der Waals surface area contributed by atoms with Crippen molar-refractivity contribution in [2.24, 2.45) is 5.92 Å². The van der Waals surface area contributed by atoms with E-state index >= 15 is 0 Å². The molecule has 7 rings (SSSR count). The topological polar surface area (TPSA) is 18.5 Å². The molecule has 0 heterocycles. The van der Waals surface area contributed by atoms with Gasteiger partial charge in [-0.25, -0.2) is 0 Å². The van der Waals surface area contributed by atoms with Gasteiger partial charge in [0.25, 0.3) is 0 Å². The van der Waals surface area contributed by atoms with Crippen molar-refractivity contribution in [3.63, 3.8) is 0 Å². The maximum absolute atomic E-state index is 7.19. The third-order valence-corrected chi connectivity index (χ3v) is 20.2. The minimum atomic E-state index is -2.23. The monoisotopic (exact) mass is 786 g/mol. The van der Waals surface area contributed by atoms with Gasteiger partial charge in [-0.2, -0.15) is 0 Å². The smallest absolute Gasteiger partial charge is 0.126 e. The molecule has 1 atom stereocenters. The van der Waals surface area contributed by atoms with E-state index in [2.05, 4.69) is 208 Å². The Morgan fingerprint density at radius 2 is 0.754 bits per heavy atom. The lowest BCUT2D eigenvalue weighted by molar-refractivity contribution is 0.231. The summed E-state index contributed by atoms with van der Waals surface area (Å²) < 4.78 is 13.7. The van der Waals surface area contributed by atoms with Crippen molar-refractivity contribution in [2.45, 2.75) is 51.9 Å². The summed E-state index contributed by atoms with van der Waals surface area (Å²) in [6.07, 6.45) is 6.28. The Morgan fingerprint density at radius 3 is 1.05 bits per heavy atom. The highest BCUT2D eigenvalue weighted by Gasteiger charge is 2.48. The van der Waals surface area contributed by atoms with Crippen molar-refractivity contribution in [3.8, 4) is 11.5 Å². The zero-order valence-corrected chi connectivity index (χ0v) is 35.5. The minimum absolute atomic E-state index is 0.491. The Bertz CT molecular complexity index is 2050. The van der Waals surface area contributed by atoms with Crippen LogP contribution in [0.25, 0.3) is 0 Å². The molecular weight excluding hydrogens is 731 g/mol. The maximum Gasteiger partial charge on any atom is 0.126 e. The van der Waals surface area contributed by atoms with Gasteiger partial charge in [0.2, 0.25) is 0 Å². The van der Waals surface area contributed by atoms with Crippen molar-refractivity contribution in [1.29, 1.82) is 0 Å². The van der Waals surface area contributed by atoms with E-state index in [1.807, 2.05) is 7.11 Å². The molecule has 0 amide bonds. The first-order valence-electron chi connectivity index (χ1n) is 20.5. The predicted molar refractivity (Wildman–Crippen MR) is 249 cm³/mol. The van der Waals surface area contributed by atoms with Gasteiger partial charge >= 0.3 is 0 Å². The molecule has 0 spiro atoms. The van der Waals surface area contributed by atoms with Crippen LogP contribution in [0.5, 0.6) is 11.5 Å². The summed E-state index contributed by atoms with van der Waals surface area (Å²) in [5.41, 5.74) is 2.36. The molecule has 0 aromatic heterocycles. The van der Waals surface area contributed by atoms with Gasteiger partial charge < -0.3 is 9.47 Å². The molecule has 0 saturated carbocycles. The number of unbranched alkanes of at least 4 members (excludes halogenated alkanes) is 1. The molecule has 0 radical (unpaired) electrons. The first-order chi connectivity index (χ1) is 28.1. The largest absolute Gasteiger partial charge is 0.496 e. The summed E-state index contributed by atoms with van der Waals surface area (Å²) in [5, 5.41) is 8.12. The van der Waals surface area contributed by atoms with Crippen LogP contribution in [0.3, 0.4) is 0 Å². The fourth-order valence-electron chi connectivity index (χ4n) is 8.37. The second-order valence-corrected chi connectivity index (χ2v) is 21.9. The Hall–Kier alpha value is -5.00. The van der Waals surface area contributed by atoms with Gasteiger partial charge in [-0.3, -0.25) is 0 Å². The van der Waals surface area contributed by atoms with Crippen LogP contribution in [0.15, 0.2) is 194 Å². The fraction of sp³-hybridized carbons (Fsp3) is 0.208.